The van der Waals surface area contributed by atoms with E-state index < -0.39 is 0 Å². The molecule has 17 heavy (non-hydrogen) atoms. The normalized spacial score (nSPS) is 13.1. The molecule has 0 aliphatic heterocycles. The van der Waals surface area contributed by atoms with Crippen LogP contribution in [0.25, 0.3) is 0 Å². The van der Waals surface area contributed by atoms with E-state index in [9.17, 15) is 9.59 Å². The summed E-state index contributed by atoms with van der Waals surface area (Å²) >= 11 is 1.60. The van der Waals surface area contributed by atoms with Gasteiger partial charge in [0.2, 0.25) is 5.91 Å². The lowest BCUT2D eigenvalue weighted by atomic mass is 10.2. The van der Waals surface area contributed by atoms with E-state index in [1.807, 2.05) is 0 Å². The van der Waals surface area contributed by atoms with Crippen LogP contribution >= 0.6 is 11.8 Å². The zero-order valence-electron chi connectivity index (χ0n) is 11.6. The Balaban J connectivity index is 4.10. The van der Waals surface area contributed by atoms with Crippen LogP contribution in [0.3, 0.4) is 0 Å². The van der Waals surface area contributed by atoms with Crippen molar-refractivity contribution in [3.05, 3.63) is 0 Å². The van der Waals surface area contributed by atoms with Gasteiger partial charge >= 0.3 is 5.97 Å². The predicted octanol–water partition coefficient (Wildman–Crippen LogP) is 1.79. The fourth-order valence-corrected chi connectivity index (χ4v) is 1.95. The average molecular weight is 261 g/mol. The Kier molecular flexibility index (Phi) is 6.60. The molecule has 0 bridgehead atoms. The minimum Gasteiger partial charge on any atom is -0.469 e. The third-order valence-corrected chi connectivity index (χ3v) is 3.46. The van der Waals surface area contributed by atoms with Gasteiger partial charge in [-0.05, 0) is 0 Å². The molecule has 1 atom stereocenters. The monoisotopic (exact) mass is 261 g/mol. The highest BCUT2D eigenvalue weighted by atomic mass is 32.2. The molecule has 1 unspecified atom stereocenters. The summed E-state index contributed by atoms with van der Waals surface area (Å²) in [6.07, 6.45) is 0. The Labute approximate surface area is 108 Å². The fraction of sp³-hybridized carbons (Fsp3) is 0.833. The molecule has 0 aliphatic rings. The first-order valence-electron chi connectivity index (χ1n) is 5.63. The Morgan fingerprint density at radius 3 is 2.29 bits per heavy atom. The van der Waals surface area contributed by atoms with E-state index in [-0.39, 0.29) is 22.5 Å². The van der Waals surface area contributed by atoms with Crippen LogP contribution < -0.4 is 0 Å². The quantitative estimate of drug-likeness (QED) is 0.708. The number of rotatable bonds is 5. The van der Waals surface area contributed by atoms with E-state index in [2.05, 4.69) is 25.5 Å². The molecule has 100 valence electrons. The summed E-state index contributed by atoms with van der Waals surface area (Å²) in [4.78, 5) is 24.6. The van der Waals surface area contributed by atoms with Gasteiger partial charge in [-0.25, -0.2) is 0 Å². The van der Waals surface area contributed by atoms with Gasteiger partial charge in [0.1, 0.15) is 0 Å². The number of ether oxygens (including phenoxy) is 1. The first-order chi connectivity index (χ1) is 7.67. The second kappa shape index (κ2) is 6.89. The third kappa shape index (κ3) is 7.26. The topological polar surface area (TPSA) is 46.6 Å². The van der Waals surface area contributed by atoms with Crippen molar-refractivity contribution in [1.29, 1.82) is 0 Å². The van der Waals surface area contributed by atoms with Crippen molar-refractivity contribution in [2.24, 2.45) is 5.92 Å². The molecule has 0 saturated heterocycles. The van der Waals surface area contributed by atoms with Crippen LogP contribution in [0.4, 0.5) is 0 Å². The van der Waals surface area contributed by atoms with Crippen LogP contribution in [0.15, 0.2) is 0 Å². The lowest BCUT2D eigenvalue weighted by Crippen LogP contribution is -2.35. The Hall–Kier alpha value is -0.710. The summed E-state index contributed by atoms with van der Waals surface area (Å²) < 4.78 is 4.70. The molecular weight excluding hydrogens is 238 g/mol. The summed E-state index contributed by atoms with van der Waals surface area (Å²) in [6, 6.07) is 0. The summed E-state index contributed by atoms with van der Waals surface area (Å²) in [5.41, 5.74) is 0. The maximum absolute atomic E-state index is 11.8. The third-order valence-electron chi connectivity index (χ3n) is 2.21. The highest BCUT2D eigenvalue weighted by Crippen LogP contribution is 2.23. The molecule has 0 aromatic rings. The van der Waals surface area contributed by atoms with Crippen LogP contribution in [0.2, 0.25) is 0 Å². The summed E-state index contributed by atoms with van der Waals surface area (Å²) in [5, 5.41) is 0. The molecule has 5 heteroatoms. The van der Waals surface area contributed by atoms with E-state index in [1.54, 1.807) is 30.6 Å². The second-order valence-corrected chi connectivity index (χ2v) is 6.90. The summed E-state index contributed by atoms with van der Waals surface area (Å²) in [5.74, 6) is -0.0872. The number of thioether (sulfide) groups is 1. The first kappa shape index (κ1) is 16.3. The summed E-state index contributed by atoms with van der Waals surface area (Å²) in [7, 11) is 3.07. The SMILES string of the molecule is COC(=O)C(C)CN(C)C(=O)CSC(C)(C)C. The van der Waals surface area contributed by atoms with Crippen molar-refractivity contribution in [1.82, 2.24) is 4.90 Å². The lowest BCUT2D eigenvalue weighted by molar-refractivity contribution is -0.145. The van der Waals surface area contributed by atoms with Gasteiger partial charge in [-0.15, -0.1) is 11.8 Å². The smallest absolute Gasteiger partial charge is 0.310 e. The molecule has 4 nitrogen and oxygen atoms in total. The lowest BCUT2D eigenvalue weighted by Gasteiger charge is -2.23. The molecule has 0 N–H and O–H groups in total. The van der Waals surface area contributed by atoms with Gasteiger partial charge in [0, 0.05) is 18.3 Å². The molecular formula is C12H23NO3S. The summed E-state index contributed by atoms with van der Waals surface area (Å²) in [6.45, 7) is 8.37. The number of nitrogens with zero attached hydrogens (tertiary/aromatic N) is 1. The van der Waals surface area contributed by atoms with E-state index in [0.29, 0.717) is 12.3 Å². The van der Waals surface area contributed by atoms with Gasteiger partial charge in [-0.2, -0.15) is 0 Å². The van der Waals surface area contributed by atoms with Crippen molar-refractivity contribution in [2.75, 3.05) is 26.5 Å². The van der Waals surface area contributed by atoms with Gasteiger partial charge in [0.25, 0.3) is 0 Å². The number of esters is 1. The maximum Gasteiger partial charge on any atom is 0.310 e. The largest absolute Gasteiger partial charge is 0.469 e. The van der Waals surface area contributed by atoms with Crippen LogP contribution in [0.5, 0.6) is 0 Å². The van der Waals surface area contributed by atoms with E-state index in [1.165, 1.54) is 7.11 Å². The average Bonchev–Trinajstić information content (AvgIpc) is 2.23. The number of carbonyl (C=O) groups excluding carboxylic acids is 2. The van der Waals surface area contributed by atoms with Gasteiger partial charge in [-0.3, -0.25) is 9.59 Å². The second-order valence-electron chi connectivity index (χ2n) is 5.10. The van der Waals surface area contributed by atoms with Crippen LogP contribution in [0.1, 0.15) is 27.7 Å². The zero-order valence-corrected chi connectivity index (χ0v) is 12.4. The molecule has 1 amide bonds. The van der Waals surface area contributed by atoms with Crippen LogP contribution in [0, 0.1) is 5.92 Å². The molecule has 0 spiro atoms. The number of methoxy groups -OCH3 is 1. The minimum absolute atomic E-state index is 0.0423. The highest BCUT2D eigenvalue weighted by molar-refractivity contribution is 8.01. The van der Waals surface area contributed by atoms with E-state index >= 15 is 0 Å². The van der Waals surface area contributed by atoms with Crippen LogP contribution in [-0.2, 0) is 14.3 Å². The molecule has 0 radical (unpaired) electrons. The molecule has 0 aromatic heterocycles. The number of carbonyl (C=O) groups is 2. The molecule has 0 fully saturated rings. The molecule has 0 aromatic carbocycles. The molecule has 0 heterocycles. The highest BCUT2D eigenvalue weighted by Gasteiger charge is 2.20. The van der Waals surface area contributed by atoms with Crippen molar-refractivity contribution in [3.63, 3.8) is 0 Å². The Morgan fingerprint density at radius 2 is 1.88 bits per heavy atom. The van der Waals surface area contributed by atoms with Crippen molar-refractivity contribution in [3.8, 4) is 0 Å². The zero-order chi connectivity index (χ0) is 13.6. The molecule has 0 aliphatic carbocycles. The van der Waals surface area contributed by atoms with Gasteiger partial charge < -0.3 is 9.64 Å². The predicted molar refractivity (Wildman–Crippen MR) is 71.0 cm³/mol. The van der Waals surface area contributed by atoms with Gasteiger partial charge in [-0.1, -0.05) is 27.7 Å². The van der Waals surface area contributed by atoms with E-state index in [4.69, 9.17) is 0 Å². The first-order valence-corrected chi connectivity index (χ1v) is 6.61. The van der Waals surface area contributed by atoms with Crippen LogP contribution in [-0.4, -0.2) is 48.0 Å². The number of hydrogen-bond acceptors (Lipinski definition) is 4. The number of amides is 1. The Morgan fingerprint density at radius 1 is 1.35 bits per heavy atom. The fourth-order valence-electron chi connectivity index (χ4n) is 1.18. The molecule has 0 saturated carbocycles. The minimum atomic E-state index is -0.284. The van der Waals surface area contributed by atoms with E-state index in [0.717, 1.165) is 0 Å². The van der Waals surface area contributed by atoms with Crippen molar-refractivity contribution in [2.45, 2.75) is 32.4 Å². The van der Waals surface area contributed by atoms with Gasteiger partial charge in [0.05, 0.1) is 18.8 Å². The van der Waals surface area contributed by atoms with Crippen molar-refractivity contribution < 1.29 is 14.3 Å². The van der Waals surface area contributed by atoms with Crippen molar-refractivity contribution >= 4 is 23.6 Å². The maximum atomic E-state index is 11.8. The molecule has 0 rings (SSSR count). The standard InChI is InChI=1S/C12H23NO3S/c1-9(11(15)16-6)7-13(5)10(14)8-17-12(2,3)4/h9H,7-8H2,1-6H3. The van der Waals surface area contributed by atoms with Gasteiger partial charge in [0.15, 0.2) is 0 Å². The Bertz CT molecular complexity index is 273. The number of hydrogen-bond donors (Lipinski definition) is 0.